The summed E-state index contributed by atoms with van der Waals surface area (Å²) in [6.45, 7) is 3.93. The Morgan fingerprint density at radius 1 is 1.00 bits per heavy atom. The molecule has 2 N–H and O–H groups in total. The first-order chi connectivity index (χ1) is 14.8. The van der Waals surface area contributed by atoms with Crippen molar-refractivity contribution in [2.45, 2.75) is 18.2 Å². The van der Waals surface area contributed by atoms with E-state index < -0.39 is 15.9 Å². The summed E-state index contributed by atoms with van der Waals surface area (Å²) < 4.78 is 27.3. The molecule has 0 saturated carbocycles. The van der Waals surface area contributed by atoms with Crippen molar-refractivity contribution in [2.24, 2.45) is 0 Å². The number of para-hydroxylation sites is 1. The third kappa shape index (κ3) is 5.69. The second-order valence-corrected chi connectivity index (χ2v) is 9.41. The molecule has 0 aliphatic carbocycles. The molecule has 1 fully saturated rings. The van der Waals surface area contributed by atoms with Crippen molar-refractivity contribution in [3.8, 4) is 0 Å². The molecule has 0 radical (unpaired) electrons. The molecule has 0 spiro atoms. The predicted octanol–water partition coefficient (Wildman–Crippen LogP) is 1.55. The van der Waals surface area contributed by atoms with Crippen molar-refractivity contribution in [3.05, 3.63) is 59.7 Å². The Kier molecular flexibility index (Phi) is 7.42. The summed E-state index contributed by atoms with van der Waals surface area (Å²) in [4.78, 5) is 26.9. The maximum absolute atomic E-state index is 12.9. The zero-order valence-corrected chi connectivity index (χ0v) is 18.6. The average Bonchev–Trinajstić information content (AvgIpc) is 2.78. The van der Waals surface area contributed by atoms with Gasteiger partial charge in [0.15, 0.2) is 0 Å². The fourth-order valence-electron chi connectivity index (χ4n) is 3.38. The minimum Gasteiger partial charge on any atom is -0.343 e. The number of nitrogens with zero attached hydrogens (tertiary/aromatic N) is 2. The third-order valence-electron chi connectivity index (χ3n) is 5.28. The highest BCUT2D eigenvalue weighted by Crippen LogP contribution is 2.19. The van der Waals surface area contributed by atoms with Crippen LogP contribution in [0.15, 0.2) is 53.4 Å². The topological polar surface area (TPSA) is 98.8 Å². The van der Waals surface area contributed by atoms with Crippen molar-refractivity contribution in [2.75, 3.05) is 45.1 Å². The van der Waals surface area contributed by atoms with Crippen LogP contribution < -0.4 is 10.6 Å². The van der Waals surface area contributed by atoms with Crippen molar-refractivity contribution >= 4 is 27.5 Å². The number of aryl methyl sites for hydroxylation is 1. The van der Waals surface area contributed by atoms with Crippen molar-refractivity contribution in [3.63, 3.8) is 0 Å². The van der Waals surface area contributed by atoms with Crippen molar-refractivity contribution < 1.29 is 18.0 Å². The molecule has 9 heteroatoms. The number of rotatable bonds is 7. The van der Waals surface area contributed by atoms with Crippen LogP contribution in [-0.4, -0.2) is 69.2 Å². The molecule has 2 aromatic rings. The molecule has 2 aromatic carbocycles. The predicted molar refractivity (Wildman–Crippen MR) is 119 cm³/mol. The van der Waals surface area contributed by atoms with Gasteiger partial charge in [-0.1, -0.05) is 31.2 Å². The summed E-state index contributed by atoms with van der Waals surface area (Å²) in [7, 11) is -1.72. The quantitative estimate of drug-likeness (QED) is 0.675. The van der Waals surface area contributed by atoms with Crippen molar-refractivity contribution in [1.82, 2.24) is 14.5 Å². The molecule has 0 aromatic heterocycles. The minimum absolute atomic E-state index is 0.0750. The smallest absolute Gasteiger partial charge is 0.251 e. The molecule has 0 unspecified atom stereocenters. The number of carbonyl (C=O) groups is 2. The SMILES string of the molecule is CCc1ccccc1NC(=O)CNC(=O)c1cccc(S(=O)(=O)N2CCN(C)CC2)c1. The second-order valence-electron chi connectivity index (χ2n) is 7.48. The van der Waals surface area contributed by atoms with Crippen LogP contribution in [0.2, 0.25) is 0 Å². The van der Waals surface area contributed by atoms with Gasteiger partial charge in [-0.15, -0.1) is 0 Å². The zero-order chi connectivity index (χ0) is 22.4. The van der Waals surface area contributed by atoms with Crippen LogP contribution >= 0.6 is 0 Å². The number of carbonyl (C=O) groups excluding carboxylic acids is 2. The molecule has 166 valence electrons. The first-order valence-corrected chi connectivity index (χ1v) is 11.7. The van der Waals surface area contributed by atoms with Crippen LogP contribution in [0.5, 0.6) is 0 Å². The number of sulfonamides is 1. The molecule has 3 rings (SSSR count). The molecular formula is C22H28N4O4S. The van der Waals surface area contributed by atoms with E-state index in [1.54, 1.807) is 0 Å². The summed E-state index contributed by atoms with van der Waals surface area (Å²) in [6, 6.07) is 13.4. The number of amides is 2. The van der Waals surface area contributed by atoms with Crippen LogP contribution in [0.1, 0.15) is 22.8 Å². The summed E-state index contributed by atoms with van der Waals surface area (Å²) in [5.74, 6) is -0.857. The molecule has 1 aliphatic heterocycles. The van der Waals surface area contributed by atoms with E-state index in [1.165, 1.54) is 28.6 Å². The number of hydrogen-bond acceptors (Lipinski definition) is 5. The molecule has 1 heterocycles. The zero-order valence-electron chi connectivity index (χ0n) is 17.8. The maximum atomic E-state index is 12.9. The lowest BCUT2D eigenvalue weighted by atomic mass is 10.1. The lowest BCUT2D eigenvalue weighted by molar-refractivity contribution is -0.115. The van der Waals surface area contributed by atoms with Gasteiger partial charge in [0.25, 0.3) is 5.91 Å². The van der Waals surface area contributed by atoms with E-state index in [0.29, 0.717) is 31.9 Å². The van der Waals surface area contributed by atoms with E-state index in [-0.39, 0.29) is 22.9 Å². The van der Waals surface area contributed by atoms with Gasteiger partial charge in [-0.25, -0.2) is 8.42 Å². The van der Waals surface area contributed by atoms with Gasteiger partial charge in [0, 0.05) is 37.4 Å². The Labute approximate surface area is 183 Å². The van der Waals surface area contributed by atoms with Gasteiger partial charge in [-0.2, -0.15) is 4.31 Å². The van der Waals surface area contributed by atoms with Crippen LogP contribution in [0.3, 0.4) is 0 Å². The highest BCUT2D eigenvalue weighted by atomic mass is 32.2. The molecule has 0 bridgehead atoms. The third-order valence-corrected chi connectivity index (χ3v) is 7.17. The van der Waals surface area contributed by atoms with E-state index in [1.807, 2.05) is 38.2 Å². The number of anilines is 1. The number of hydrogen-bond donors (Lipinski definition) is 2. The first kappa shape index (κ1) is 22.9. The van der Waals surface area contributed by atoms with Gasteiger partial charge in [0.2, 0.25) is 15.9 Å². The molecule has 8 nitrogen and oxygen atoms in total. The summed E-state index contributed by atoms with van der Waals surface area (Å²) in [5.41, 5.74) is 1.91. The lowest BCUT2D eigenvalue weighted by Gasteiger charge is -2.31. The Morgan fingerprint density at radius 3 is 2.42 bits per heavy atom. The largest absolute Gasteiger partial charge is 0.343 e. The Morgan fingerprint density at radius 2 is 1.71 bits per heavy atom. The highest BCUT2D eigenvalue weighted by Gasteiger charge is 2.28. The molecule has 1 aliphatic rings. The fourth-order valence-corrected chi connectivity index (χ4v) is 4.85. The van der Waals surface area contributed by atoms with Gasteiger partial charge in [0.05, 0.1) is 11.4 Å². The molecule has 1 saturated heterocycles. The van der Waals surface area contributed by atoms with Gasteiger partial charge in [-0.05, 0) is 43.3 Å². The standard InChI is InChI=1S/C22H28N4O4S/c1-3-17-7-4-5-10-20(17)24-21(27)16-23-22(28)18-8-6-9-19(15-18)31(29,30)26-13-11-25(2)12-14-26/h4-10,15H,3,11-14,16H2,1-2H3,(H,23,28)(H,24,27). The monoisotopic (exact) mass is 444 g/mol. The van der Waals surface area contributed by atoms with E-state index in [0.717, 1.165) is 12.0 Å². The Hall–Kier alpha value is -2.75. The summed E-state index contributed by atoms with van der Waals surface area (Å²) >= 11 is 0. The van der Waals surface area contributed by atoms with E-state index in [4.69, 9.17) is 0 Å². The maximum Gasteiger partial charge on any atom is 0.251 e. The molecular weight excluding hydrogens is 416 g/mol. The minimum atomic E-state index is -3.67. The van der Waals surface area contributed by atoms with Gasteiger partial charge < -0.3 is 15.5 Å². The van der Waals surface area contributed by atoms with Crippen LogP contribution in [0.25, 0.3) is 0 Å². The number of likely N-dealkylation sites (N-methyl/N-ethyl adjacent to an activating group) is 1. The summed E-state index contributed by atoms with van der Waals surface area (Å²) in [6.07, 6.45) is 0.775. The second kappa shape index (κ2) is 10.0. The van der Waals surface area contributed by atoms with Crippen LogP contribution in [-0.2, 0) is 21.2 Å². The normalized spacial score (nSPS) is 15.4. The van der Waals surface area contributed by atoms with E-state index in [9.17, 15) is 18.0 Å². The van der Waals surface area contributed by atoms with E-state index >= 15 is 0 Å². The van der Waals surface area contributed by atoms with E-state index in [2.05, 4.69) is 15.5 Å². The van der Waals surface area contributed by atoms with Crippen molar-refractivity contribution in [1.29, 1.82) is 0 Å². The average molecular weight is 445 g/mol. The van der Waals surface area contributed by atoms with Gasteiger partial charge in [-0.3, -0.25) is 9.59 Å². The first-order valence-electron chi connectivity index (χ1n) is 10.3. The number of nitrogens with one attached hydrogen (secondary N) is 2. The highest BCUT2D eigenvalue weighted by molar-refractivity contribution is 7.89. The molecule has 2 amide bonds. The van der Waals surface area contributed by atoms with Crippen LogP contribution in [0.4, 0.5) is 5.69 Å². The summed E-state index contributed by atoms with van der Waals surface area (Å²) in [5, 5.41) is 5.34. The number of piperazine rings is 1. The number of benzene rings is 2. The van der Waals surface area contributed by atoms with Gasteiger partial charge >= 0.3 is 0 Å². The van der Waals surface area contributed by atoms with Crippen LogP contribution in [0, 0.1) is 0 Å². The lowest BCUT2D eigenvalue weighted by Crippen LogP contribution is -2.47. The van der Waals surface area contributed by atoms with Gasteiger partial charge in [0.1, 0.15) is 0 Å². The molecule has 31 heavy (non-hydrogen) atoms. The molecule has 0 atom stereocenters. The Bertz CT molecular complexity index is 1050. The fraction of sp³-hybridized carbons (Fsp3) is 0.364. The Balaban J connectivity index is 1.63.